The van der Waals surface area contributed by atoms with E-state index in [0.29, 0.717) is 6.54 Å². The quantitative estimate of drug-likeness (QED) is 0.783. The van der Waals surface area contributed by atoms with Gasteiger partial charge in [0.25, 0.3) is 0 Å². The highest BCUT2D eigenvalue weighted by atomic mass is 16.3. The summed E-state index contributed by atoms with van der Waals surface area (Å²) in [5.41, 5.74) is 3.52. The Bertz CT molecular complexity index is 815. The van der Waals surface area contributed by atoms with Gasteiger partial charge in [0.15, 0.2) is 0 Å². The Hall–Kier alpha value is -2.37. The number of nitrogens with zero attached hydrogens (tertiary/aromatic N) is 4. The fraction of sp³-hybridized carbons (Fsp3) is 0.316. The molecule has 5 heteroatoms. The summed E-state index contributed by atoms with van der Waals surface area (Å²) in [7, 11) is 0. The Kier molecular flexibility index (Phi) is 4.19. The highest BCUT2D eigenvalue weighted by molar-refractivity contribution is 5.79. The van der Waals surface area contributed by atoms with E-state index in [1.165, 1.54) is 5.56 Å². The number of benzene rings is 2. The molecule has 124 valence electrons. The molecule has 0 unspecified atom stereocenters. The highest BCUT2D eigenvalue weighted by Gasteiger charge is 2.25. The minimum absolute atomic E-state index is 0.135. The molecule has 0 bridgehead atoms. The zero-order valence-corrected chi connectivity index (χ0v) is 13.7. The van der Waals surface area contributed by atoms with Gasteiger partial charge in [-0.3, -0.25) is 9.47 Å². The summed E-state index contributed by atoms with van der Waals surface area (Å²) in [6, 6.07) is 18.8. The van der Waals surface area contributed by atoms with E-state index >= 15 is 0 Å². The molecule has 24 heavy (non-hydrogen) atoms. The molecule has 1 N–H and O–H groups in total. The monoisotopic (exact) mass is 322 g/mol. The van der Waals surface area contributed by atoms with Crippen molar-refractivity contribution in [1.82, 2.24) is 14.5 Å². The summed E-state index contributed by atoms with van der Waals surface area (Å²) in [6.45, 7) is 3.36. The van der Waals surface area contributed by atoms with Gasteiger partial charge in [-0.2, -0.15) is 0 Å². The molecule has 0 spiro atoms. The van der Waals surface area contributed by atoms with Crippen LogP contribution in [-0.4, -0.2) is 45.9 Å². The third-order valence-corrected chi connectivity index (χ3v) is 4.56. The molecule has 1 aliphatic rings. The van der Waals surface area contributed by atoms with E-state index in [1.807, 2.05) is 12.1 Å². The van der Waals surface area contributed by atoms with E-state index in [1.54, 1.807) is 0 Å². The van der Waals surface area contributed by atoms with E-state index in [-0.39, 0.29) is 6.61 Å². The maximum atomic E-state index is 9.42. The van der Waals surface area contributed by atoms with Crippen molar-refractivity contribution in [1.29, 1.82) is 0 Å². The Morgan fingerprint density at radius 3 is 2.54 bits per heavy atom. The second-order valence-electron chi connectivity index (χ2n) is 6.23. The maximum Gasteiger partial charge on any atom is 0.208 e. The number of anilines is 1. The van der Waals surface area contributed by atoms with Gasteiger partial charge in [-0.15, -0.1) is 0 Å². The van der Waals surface area contributed by atoms with Gasteiger partial charge in [0.05, 0.1) is 31.0 Å². The SMILES string of the molecule is OCCN1CN(CCc2ccccc2)Cn2c1nc1ccccc12. The first-order valence-electron chi connectivity index (χ1n) is 8.42. The molecule has 3 aromatic rings. The lowest BCUT2D eigenvalue weighted by molar-refractivity contribution is 0.193. The van der Waals surface area contributed by atoms with Crippen molar-refractivity contribution in [3.63, 3.8) is 0 Å². The largest absolute Gasteiger partial charge is 0.395 e. The fourth-order valence-corrected chi connectivity index (χ4v) is 3.36. The van der Waals surface area contributed by atoms with Gasteiger partial charge in [-0.1, -0.05) is 42.5 Å². The summed E-state index contributed by atoms with van der Waals surface area (Å²) in [5, 5.41) is 9.42. The van der Waals surface area contributed by atoms with Gasteiger partial charge in [0, 0.05) is 13.1 Å². The van der Waals surface area contributed by atoms with Crippen LogP contribution in [-0.2, 0) is 13.1 Å². The average molecular weight is 322 g/mol. The average Bonchev–Trinajstić information content (AvgIpc) is 3.00. The van der Waals surface area contributed by atoms with E-state index in [0.717, 1.165) is 43.3 Å². The molecule has 0 fully saturated rings. The molecule has 0 radical (unpaired) electrons. The second kappa shape index (κ2) is 6.63. The Morgan fingerprint density at radius 1 is 0.917 bits per heavy atom. The normalized spacial score (nSPS) is 15.0. The number of aromatic nitrogens is 2. The fourth-order valence-electron chi connectivity index (χ4n) is 3.36. The van der Waals surface area contributed by atoms with Crippen LogP contribution in [0.15, 0.2) is 54.6 Å². The number of hydrogen-bond acceptors (Lipinski definition) is 4. The van der Waals surface area contributed by atoms with Gasteiger partial charge in [0.2, 0.25) is 5.95 Å². The van der Waals surface area contributed by atoms with Gasteiger partial charge in [0.1, 0.15) is 0 Å². The zero-order chi connectivity index (χ0) is 16.4. The number of β-amino-alcohol motifs (C(OH)–C–C–N with tert-alkyl or cyclic N) is 1. The zero-order valence-electron chi connectivity index (χ0n) is 13.7. The first kappa shape index (κ1) is 15.2. The lowest BCUT2D eigenvalue weighted by Gasteiger charge is -2.37. The van der Waals surface area contributed by atoms with Crippen LogP contribution in [0.4, 0.5) is 5.95 Å². The predicted molar refractivity (Wildman–Crippen MR) is 95.9 cm³/mol. The van der Waals surface area contributed by atoms with Crippen molar-refractivity contribution in [2.24, 2.45) is 0 Å². The van der Waals surface area contributed by atoms with Crippen LogP contribution in [0.3, 0.4) is 0 Å². The lowest BCUT2D eigenvalue weighted by Crippen LogP contribution is -2.46. The van der Waals surface area contributed by atoms with Crippen LogP contribution in [0.25, 0.3) is 11.0 Å². The van der Waals surface area contributed by atoms with Crippen LogP contribution in [0.5, 0.6) is 0 Å². The van der Waals surface area contributed by atoms with Crippen LogP contribution in [0.2, 0.25) is 0 Å². The van der Waals surface area contributed by atoms with E-state index in [2.05, 4.69) is 56.8 Å². The topological polar surface area (TPSA) is 44.5 Å². The number of hydrogen-bond donors (Lipinski definition) is 1. The number of imidazole rings is 1. The van der Waals surface area contributed by atoms with Crippen molar-refractivity contribution in [2.45, 2.75) is 13.1 Å². The second-order valence-corrected chi connectivity index (χ2v) is 6.23. The summed E-state index contributed by atoms with van der Waals surface area (Å²) < 4.78 is 2.25. The van der Waals surface area contributed by atoms with Crippen LogP contribution < -0.4 is 4.90 Å². The molecular formula is C19H22N4O. The van der Waals surface area contributed by atoms with Gasteiger partial charge < -0.3 is 10.0 Å². The van der Waals surface area contributed by atoms with E-state index < -0.39 is 0 Å². The molecule has 1 aromatic heterocycles. The molecule has 2 aromatic carbocycles. The minimum Gasteiger partial charge on any atom is -0.395 e. The van der Waals surface area contributed by atoms with Crippen molar-refractivity contribution in [2.75, 3.05) is 31.3 Å². The molecule has 5 nitrogen and oxygen atoms in total. The number of aliphatic hydroxyl groups is 1. The van der Waals surface area contributed by atoms with Gasteiger partial charge >= 0.3 is 0 Å². The summed E-state index contributed by atoms with van der Waals surface area (Å²) in [4.78, 5) is 9.32. The van der Waals surface area contributed by atoms with Crippen molar-refractivity contribution in [3.05, 3.63) is 60.2 Å². The summed E-state index contributed by atoms with van der Waals surface area (Å²) >= 11 is 0. The van der Waals surface area contributed by atoms with Gasteiger partial charge in [-0.25, -0.2) is 4.98 Å². The first-order chi connectivity index (χ1) is 11.8. The Labute approximate surface area is 141 Å². The van der Waals surface area contributed by atoms with E-state index in [4.69, 9.17) is 4.98 Å². The molecule has 0 saturated carbocycles. The molecule has 0 aliphatic carbocycles. The minimum atomic E-state index is 0.135. The molecular weight excluding hydrogens is 300 g/mol. The molecule has 1 aliphatic heterocycles. The Balaban J connectivity index is 1.58. The van der Waals surface area contributed by atoms with Crippen molar-refractivity contribution in [3.8, 4) is 0 Å². The smallest absolute Gasteiger partial charge is 0.208 e. The molecule has 0 atom stereocenters. The number of para-hydroxylation sites is 2. The molecule has 0 amide bonds. The third-order valence-electron chi connectivity index (χ3n) is 4.56. The molecule has 4 rings (SSSR count). The Morgan fingerprint density at radius 2 is 1.71 bits per heavy atom. The predicted octanol–water partition coefficient (Wildman–Crippen LogP) is 2.31. The number of rotatable bonds is 5. The first-order valence-corrected chi connectivity index (χ1v) is 8.42. The van der Waals surface area contributed by atoms with Crippen LogP contribution >= 0.6 is 0 Å². The highest BCUT2D eigenvalue weighted by Crippen LogP contribution is 2.26. The van der Waals surface area contributed by atoms with Crippen LogP contribution in [0, 0.1) is 0 Å². The van der Waals surface area contributed by atoms with Gasteiger partial charge in [-0.05, 0) is 24.1 Å². The number of fused-ring (bicyclic) bond motifs is 3. The molecule has 0 saturated heterocycles. The standard InChI is InChI=1S/C19H22N4O/c24-13-12-22-14-21(11-10-16-6-2-1-3-7-16)15-23-18-9-5-4-8-17(18)20-19(22)23/h1-9,24H,10-15H2. The van der Waals surface area contributed by atoms with Crippen molar-refractivity contribution < 1.29 is 5.11 Å². The van der Waals surface area contributed by atoms with Crippen LogP contribution in [0.1, 0.15) is 5.56 Å². The number of aliphatic hydroxyl groups excluding tert-OH is 1. The summed E-state index contributed by atoms with van der Waals surface area (Å²) in [5.74, 6) is 0.959. The third kappa shape index (κ3) is 2.88. The maximum absolute atomic E-state index is 9.42. The van der Waals surface area contributed by atoms with E-state index in [9.17, 15) is 5.11 Å². The van der Waals surface area contributed by atoms with Crippen molar-refractivity contribution >= 4 is 17.0 Å². The lowest BCUT2D eigenvalue weighted by atomic mass is 10.1. The summed E-state index contributed by atoms with van der Waals surface area (Å²) in [6.07, 6.45) is 1.02. The molecule has 2 heterocycles.